The summed E-state index contributed by atoms with van der Waals surface area (Å²) in [4.78, 5) is 0. The Kier molecular flexibility index (Phi) is 4.36. The van der Waals surface area contributed by atoms with Crippen LogP contribution in [0.15, 0.2) is 34.6 Å². The van der Waals surface area contributed by atoms with Crippen molar-refractivity contribution in [2.24, 2.45) is 39.4 Å². The van der Waals surface area contributed by atoms with Gasteiger partial charge in [-0.25, -0.2) is 0 Å². The molecule has 5 aliphatic rings. The zero-order chi connectivity index (χ0) is 21.7. The second-order valence-electron chi connectivity index (χ2n) is 12.7. The summed E-state index contributed by atoms with van der Waals surface area (Å²) in [6.45, 7) is 14.6. The first kappa shape index (κ1) is 20.9. The molecule has 166 valence electrons. The molecule has 5 aliphatic carbocycles. The van der Waals surface area contributed by atoms with Gasteiger partial charge in [0.15, 0.2) is 0 Å². The molecule has 5 rings (SSSR count). The van der Waals surface area contributed by atoms with Gasteiger partial charge in [0, 0.05) is 0 Å². The summed E-state index contributed by atoms with van der Waals surface area (Å²) in [5, 5.41) is 21.0. The standard InChI is InChI=1S/C28H42O2/c1-17-15-24-25(3,16-22(17)30)11-13-27(5)23-10-7-19-18(2)21(29)9-8-20(19)26(23,4)12-14-28(24,27)6/h9-10,17,20,22,24,29-30H,7-8,11-16H2,1-6H3. The smallest absolute Gasteiger partial charge is 0.114 e. The van der Waals surface area contributed by atoms with Crippen molar-refractivity contribution < 1.29 is 10.2 Å². The highest BCUT2D eigenvalue weighted by molar-refractivity contribution is 5.45. The van der Waals surface area contributed by atoms with Crippen LogP contribution >= 0.6 is 0 Å². The lowest BCUT2D eigenvalue weighted by Gasteiger charge is -2.70. The van der Waals surface area contributed by atoms with Crippen LogP contribution in [0.3, 0.4) is 0 Å². The van der Waals surface area contributed by atoms with Crippen LogP contribution in [0.4, 0.5) is 0 Å². The molecule has 2 nitrogen and oxygen atoms in total. The molecule has 0 spiro atoms. The number of rotatable bonds is 0. The molecule has 0 aromatic heterocycles. The number of aliphatic hydroxyl groups excluding tert-OH is 2. The minimum Gasteiger partial charge on any atom is -0.508 e. The van der Waals surface area contributed by atoms with Gasteiger partial charge in [-0.3, -0.25) is 0 Å². The molecule has 0 radical (unpaired) electrons. The van der Waals surface area contributed by atoms with Crippen molar-refractivity contribution in [3.8, 4) is 0 Å². The molecule has 2 heteroatoms. The topological polar surface area (TPSA) is 40.5 Å². The molecular formula is C28H42O2. The van der Waals surface area contributed by atoms with E-state index in [4.69, 9.17) is 0 Å². The Labute approximate surface area is 183 Å². The lowest BCUT2D eigenvalue weighted by molar-refractivity contribution is -0.174. The van der Waals surface area contributed by atoms with Crippen LogP contribution in [0.1, 0.15) is 92.9 Å². The summed E-state index contributed by atoms with van der Waals surface area (Å²) in [6.07, 6.45) is 13.8. The minimum atomic E-state index is -0.126. The van der Waals surface area contributed by atoms with Gasteiger partial charge in [-0.15, -0.1) is 0 Å². The second-order valence-corrected chi connectivity index (χ2v) is 12.7. The van der Waals surface area contributed by atoms with Crippen LogP contribution in [-0.4, -0.2) is 16.3 Å². The van der Waals surface area contributed by atoms with Crippen LogP contribution in [0.2, 0.25) is 0 Å². The normalized spacial score (nSPS) is 53.0. The molecule has 2 N–H and O–H groups in total. The largest absolute Gasteiger partial charge is 0.508 e. The first-order valence-corrected chi connectivity index (χ1v) is 12.4. The van der Waals surface area contributed by atoms with E-state index in [1.807, 2.05) is 0 Å². The zero-order valence-corrected chi connectivity index (χ0v) is 20.0. The highest BCUT2D eigenvalue weighted by Crippen LogP contribution is 2.75. The van der Waals surface area contributed by atoms with Crippen LogP contribution in [-0.2, 0) is 0 Å². The number of fused-ring (bicyclic) bond motifs is 7. The minimum absolute atomic E-state index is 0.126. The van der Waals surface area contributed by atoms with Crippen molar-refractivity contribution in [2.75, 3.05) is 0 Å². The zero-order valence-electron chi connectivity index (χ0n) is 20.0. The Bertz CT molecular complexity index is 864. The maximum atomic E-state index is 10.7. The summed E-state index contributed by atoms with van der Waals surface area (Å²) in [5.74, 6) is 2.17. The van der Waals surface area contributed by atoms with Crippen molar-refractivity contribution in [3.05, 3.63) is 34.6 Å². The van der Waals surface area contributed by atoms with Crippen molar-refractivity contribution in [2.45, 2.75) is 99.0 Å². The Balaban J connectivity index is 1.59. The first-order chi connectivity index (χ1) is 14.0. The average molecular weight is 411 g/mol. The second kappa shape index (κ2) is 6.27. The predicted octanol–water partition coefficient (Wildman–Crippen LogP) is 7.11. The third kappa shape index (κ3) is 2.41. The van der Waals surface area contributed by atoms with Crippen molar-refractivity contribution in [1.82, 2.24) is 0 Å². The van der Waals surface area contributed by atoms with Gasteiger partial charge in [0.2, 0.25) is 0 Å². The maximum Gasteiger partial charge on any atom is 0.114 e. The molecule has 0 saturated heterocycles. The van der Waals surface area contributed by atoms with Gasteiger partial charge in [-0.05, 0) is 109 Å². The van der Waals surface area contributed by atoms with Gasteiger partial charge in [0.1, 0.15) is 5.76 Å². The average Bonchev–Trinajstić information content (AvgIpc) is 2.69. The van der Waals surface area contributed by atoms with E-state index in [1.54, 1.807) is 5.57 Å². The lowest BCUT2D eigenvalue weighted by Crippen LogP contribution is -2.62. The molecule has 0 aliphatic heterocycles. The quantitative estimate of drug-likeness (QED) is 0.418. The maximum absolute atomic E-state index is 10.7. The third-order valence-electron chi connectivity index (χ3n) is 11.5. The van der Waals surface area contributed by atoms with Crippen LogP contribution in [0.5, 0.6) is 0 Å². The highest BCUT2D eigenvalue weighted by Gasteiger charge is 2.66. The highest BCUT2D eigenvalue weighted by atomic mass is 16.3. The number of aliphatic hydroxyl groups is 2. The fourth-order valence-electron chi connectivity index (χ4n) is 9.25. The fourth-order valence-corrected chi connectivity index (χ4v) is 9.25. The SMILES string of the molecule is CC1=C2CC=C3C(C)(CCC4(C)C5CC(C)C(O)CC5(C)CCC34C)C2CC=C1O. The monoisotopic (exact) mass is 410 g/mol. The summed E-state index contributed by atoms with van der Waals surface area (Å²) >= 11 is 0. The van der Waals surface area contributed by atoms with Gasteiger partial charge in [-0.1, -0.05) is 51.8 Å². The van der Waals surface area contributed by atoms with Gasteiger partial charge >= 0.3 is 0 Å². The molecule has 0 amide bonds. The number of hydrogen-bond donors (Lipinski definition) is 2. The van der Waals surface area contributed by atoms with Crippen molar-refractivity contribution in [3.63, 3.8) is 0 Å². The summed E-state index contributed by atoms with van der Waals surface area (Å²) < 4.78 is 0. The first-order valence-electron chi connectivity index (χ1n) is 12.4. The van der Waals surface area contributed by atoms with Crippen molar-refractivity contribution in [1.29, 1.82) is 0 Å². The number of hydrogen-bond acceptors (Lipinski definition) is 2. The van der Waals surface area contributed by atoms with E-state index >= 15 is 0 Å². The Morgan fingerprint density at radius 1 is 1.00 bits per heavy atom. The van der Waals surface area contributed by atoms with Gasteiger partial charge in [0.25, 0.3) is 0 Å². The Morgan fingerprint density at radius 2 is 1.73 bits per heavy atom. The van der Waals surface area contributed by atoms with Gasteiger partial charge < -0.3 is 10.2 Å². The molecule has 0 bridgehead atoms. The molecule has 0 aromatic carbocycles. The third-order valence-corrected chi connectivity index (χ3v) is 11.5. The molecule has 0 heterocycles. The van der Waals surface area contributed by atoms with E-state index in [1.165, 1.54) is 37.7 Å². The Hall–Kier alpha value is -1.02. The van der Waals surface area contributed by atoms with E-state index in [2.05, 4.69) is 53.7 Å². The molecule has 3 fully saturated rings. The van der Waals surface area contributed by atoms with E-state index in [0.717, 1.165) is 24.8 Å². The summed E-state index contributed by atoms with van der Waals surface area (Å²) in [5.41, 5.74) is 5.41. The van der Waals surface area contributed by atoms with E-state index < -0.39 is 0 Å². The van der Waals surface area contributed by atoms with E-state index in [9.17, 15) is 10.2 Å². The van der Waals surface area contributed by atoms with Crippen LogP contribution in [0.25, 0.3) is 0 Å². The lowest BCUT2D eigenvalue weighted by atomic mass is 9.34. The van der Waals surface area contributed by atoms with Crippen LogP contribution in [0, 0.1) is 39.4 Å². The summed E-state index contributed by atoms with van der Waals surface area (Å²) in [7, 11) is 0. The van der Waals surface area contributed by atoms with Crippen LogP contribution < -0.4 is 0 Å². The van der Waals surface area contributed by atoms with Gasteiger partial charge in [-0.2, -0.15) is 0 Å². The molecule has 8 atom stereocenters. The van der Waals surface area contributed by atoms with E-state index in [0.29, 0.717) is 28.9 Å². The van der Waals surface area contributed by atoms with Crippen molar-refractivity contribution >= 4 is 0 Å². The predicted molar refractivity (Wildman–Crippen MR) is 123 cm³/mol. The molecule has 30 heavy (non-hydrogen) atoms. The molecule has 3 saturated carbocycles. The van der Waals surface area contributed by atoms with Gasteiger partial charge in [0.05, 0.1) is 6.10 Å². The molecular weight excluding hydrogens is 368 g/mol. The Morgan fingerprint density at radius 3 is 2.47 bits per heavy atom. The van der Waals surface area contributed by atoms with E-state index in [-0.39, 0.29) is 22.3 Å². The molecule has 0 aromatic rings. The fraction of sp³-hybridized carbons (Fsp3) is 0.786. The molecule has 8 unspecified atom stereocenters. The summed E-state index contributed by atoms with van der Waals surface area (Å²) in [6, 6.07) is 0. The number of allylic oxidation sites excluding steroid dienone is 5.